The Morgan fingerprint density at radius 1 is 1.06 bits per heavy atom. The van der Waals surface area contributed by atoms with E-state index in [1.54, 1.807) is 0 Å². The third-order valence-corrected chi connectivity index (χ3v) is 0.896. The Bertz CT molecular complexity index is 214. The van der Waals surface area contributed by atoms with Crippen LogP contribution in [0.1, 0.15) is 0 Å². The first-order valence-electron chi connectivity index (χ1n) is 3.47. The summed E-state index contributed by atoms with van der Waals surface area (Å²) in [7, 11) is 0. The molecule has 0 saturated heterocycles. The van der Waals surface area contributed by atoms with Gasteiger partial charge in [0.2, 0.25) is 26.6 Å². The summed E-state index contributed by atoms with van der Waals surface area (Å²) in [6.45, 7) is 6.56. The summed E-state index contributed by atoms with van der Waals surface area (Å²) in [5, 5.41) is 4.72. The van der Waals surface area contributed by atoms with Crippen LogP contribution in [0, 0.1) is 14.8 Å². The largest absolute Gasteiger partial charge is 1.00 e. The van der Waals surface area contributed by atoms with E-state index in [4.69, 9.17) is 12.6 Å². The fourth-order valence-electron chi connectivity index (χ4n) is 0.363. The maximum absolute atomic E-state index is 10.5. The number of hydrogen-bond acceptors (Lipinski definition) is 5. The Hall–Kier alpha value is 0.416. The van der Waals surface area contributed by atoms with Crippen molar-refractivity contribution in [3.05, 3.63) is 25.3 Å². The summed E-state index contributed by atoms with van der Waals surface area (Å²) >= 11 is -3.65. The normalized spacial score (nSPS) is 7.75. The molecule has 0 unspecified atom stereocenters. The predicted octanol–water partition coefficient (Wildman–Crippen LogP) is -7.01. The molecule has 0 radical (unpaired) electrons. The summed E-state index contributed by atoms with van der Waals surface area (Å²) in [5.74, 6) is -0.649. The van der Waals surface area contributed by atoms with Crippen molar-refractivity contribution in [2.75, 3.05) is 6.67 Å². The van der Waals surface area contributed by atoms with Crippen molar-refractivity contribution in [3.63, 3.8) is 0 Å². The van der Waals surface area contributed by atoms with E-state index in [1.165, 1.54) is 0 Å². The molecule has 0 saturated carbocycles. The van der Waals surface area contributed by atoms with Gasteiger partial charge >= 0.3 is 51.4 Å². The average molecular weight is 321 g/mol. The minimum atomic E-state index is -3.65. The molecule has 86 valence electrons. The summed E-state index contributed by atoms with van der Waals surface area (Å²) in [6, 6.07) is 0. The molecular formula is C7H10BrKN2O5. The summed E-state index contributed by atoms with van der Waals surface area (Å²) < 4.78 is 25.6. The number of carbonyl (C=O) groups is 2. The first-order valence-corrected chi connectivity index (χ1v) is 5.41. The van der Waals surface area contributed by atoms with Gasteiger partial charge in [-0.05, 0) is 12.2 Å². The monoisotopic (exact) mass is 320 g/mol. The molecule has 16 heavy (non-hydrogen) atoms. The molecule has 9 heteroatoms. The van der Waals surface area contributed by atoms with Gasteiger partial charge in [-0.1, -0.05) is 13.2 Å². The van der Waals surface area contributed by atoms with Crippen molar-refractivity contribution < 1.29 is 88.4 Å². The molecule has 0 aromatic rings. The fourth-order valence-corrected chi connectivity index (χ4v) is 0.363. The number of nitrogens with one attached hydrogen (secondary N) is 2. The predicted molar refractivity (Wildman–Crippen MR) is 41.5 cm³/mol. The van der Waals surface area contributed by atoms with Crippen molar-refractivity contribution >= 4 is 11.8 Å². The molecule has 0 bridgehead atoms. The second-order valence-electron chi connectivity index (χ2n) is 1.86. The molecule has 0 heterocycles. The first kappa shape index (κ1) is 21.7. The van der Waals surface area contributed by atoms with E-state index in [1.807, 2.05) is 0 Å². The van der Waals surface area contributed by atoms with Gasteiger partial charge in [0.05, 0.1) is 6.67 Å². The third kappa shape index (κ3) is 23.9. The van der Waals surface area contributed by atoms with Gasteiger partial charge in [-0.2, -0.15) is 0 Å². The molecular weight excluding hydrogens is 311 g/mol. The quantitative estimate of drug-likeness (QED) is 0.302. The second-order valence-corrected chi connectivity index (χ2v) is 2.65. The van der Waals surface area contributed by atoms with E-state index in [-0.39, 0.29) is 69.9 Å². The van der Waals surface area contributed by atoms with Gasteiger partial charge in [-0.15, -0.1) is 0 Å². The summed E-state index contributed by atoms with van der Waals surface area (Å²) in [5.41, 5.74) is 0. The zero-order valence-corrected chi connectivity index (χ0v) is 13.4. The van der Waals surface area contributed by atoms with E-state index < -0.39 is 14.8 Å². The van der Waals surface area contributed by atoms with Crippen molar-refractivity contribution in [1.29, 1.82) is 0 Å². The molecule has 2 N–H and O–H groups in total. The number of hydrogen-bond donors (Lipinski definition) is 2. The van der Waals surface area contributed by atoms with Gasteiger partial charge < -0.3 is 23.2 Å². The molecule has 0 aromatic carbocycles. The Morgan fingerprint density at radius 2 is 1.31 bits per heavy atom. The van der Waals surface area contributed by atoms with Crippen LogP contribution < -0.4 is 74.6 Å². The number of rotatable bonds is 4. The van der Waals surface area contributed by atoms with Crippen LogP contribution in [0.5, 0.6) is 0 Å². The minimum absolute atomic E-state index is 0. The standard InChI is InChI=1S/C7H10N2O2.BrO3.K/c1-3-6(10)8-5-9-7(11)4-2;2-1(3)4;/h3-4H,1-2,5H2,(H,8,10)(H,9,11);;/q;-1;+1. The molecule has 0 rings (SSSR count). The van der Waals surface area contributed by atoms with Crippen LogP contribution in [0.25, 0.3) is 0 Å². The van der Waals surface area contributed by atoms with Gasteiger partial charge in [-0.25, -0.2) is 0 Å². The second kappa shape index (κ2) is 15.4. The van der Waals surface area contributed by atoms with Crippen LogP contribution in [0.2, 0.25) is 0 Å². The molecule has 0 aliphatic heterocycles. The number of carbonyl (C=O) groups excluding carboxylic acids is 2. The smallest absolute Gasteiger partial charge is 0.405 e. The van der Waals surface area contributed by atoms with E-state index in [2.05, 4.69) is 23.8 Å². The zero-order valence-electron chi connectivity index (χ0n) is 8.70. The van der Waals surface area contributed by atoms with Crippen LogP contribution in [0.4, 0.5) is 0 Å². The van der Waals surface area contributed by atoms with Crippen LogP contribution in [0.15, 0.2) is 25.3 Å². The number of halogens is 1. The van der Waals surface area contributed by atoms with Gasteiger partial charge in [0.25, 0.3) is 0 Å². The van der Waals surface area contributed by atoms with Gasteiger partial charge in [0, 0.05) is 0 Å². The van der Waals surface area contributed by atoms with Crippen molar-refractivity contribution in [1.82, 2.24) is 10.6 Å². The topological polar surface area (TPSA) is 127 Å². The summed E-state index contributed by atoms with van der Waals surface area (Å²) in [4.78, 5) is 21.0. The van der Waals surface area contributed by atoms with Gasteiger partial charge in [0.1, 0.15) is 0 Å². The maximum atomic E-state index is 10.5. The average Bonchev–Trinajstić information content (AvgIpc) is 2.16. The minimum Gasteiger partial charge on any atom is -0.405 e. The molecule has 0 aliphatic carbocycles. The Morgan fingerprint density at radius 3 is 1.50 bits per heavy atom. The third-order valence-electron chi connectivity index (χ3n) is 0.896. The van der Waals surface area contributed by atoms with Crippen LogP contribution in [-0.2, 0) is 9.59 Å². The van der Waals surface area contributed by atoms with E-state index >= 15 is 0 Å². The maximum Gasteiger partial charge on any atom is 1.00 e. The molecule has 0 aromatic heterocycles. The molecule has 0 fully saturated rings. The SMILES string of the molecule is C=CC(=O)NCNC(=O)C=C.[K+].[O-][Br+2]([O-])[O-]. The van der Waals surface area contributed by atoms with Crippen molar-refractivity contribution in [2.45, 2.75) is 0 Å². The van der Waals surface area contributed by atoms with E-state index in [0.29, 0.717) is 0 Å². The van der Waals surface area contributed by atoms with E-state index in [9.17, 15) is 9.59 Å². The molecule has 7 nitrogen and oxygen atoms in total. The van der Waals surface area contributed by atoms with Gasteiger partial charge in [0.15, 0.2) is 0 Å². The Balaban J connectivity index is -0.000000292. The van der Waals surface area contributed by atoms with E-state index in [0.717, 1.165) is 12.2 Å². The Labute approximate surface area is 141 Å². The summed E-state index contributed by atoms with van der Waals surface area (Å²) in [6.07, 6.45) is 2.25. The fraction of sp³-hybridized carbons (Fsp3) is 0.143. The van der Waals surface area contributed by atoms with Crippen LogP contribution >= 0.6 is 0 Å². The molecule has 0 spiro atoms. The van der Waals surface area contributed by atoms with Crippen molar-refractivity contribution in [3.8, 4) is 0 Å². The first-order chi connectivity index (χ1) is 6.93. The van der Waals surface area contributed by atoms with Crippen LogP contribution in [0.3, 0.4) is 0 Å². The molecule has 2 amide bonds. The molecule has 0 aliphatic rings. The zero-order chi connectivity index (χ0) is 12.3. The van der Waals surface area contributed by atoms with Crippen LogP contribution in [-0.4, -0.2) is 18.5 Å². The van der Waals surface area contributed by atoms with Gasteiger partial charge in [-0.3, -0.25) is 9.59 Å². The Kier molecular flexibility index (Phi) is 20.9. The number of amides is 2. The molecule has 0 atom stereocenters. The van der Waals surface area contributed by atoms with Crippen molar-refractivity contribution in [2.24, 2.45) is 0 Å².